The van der Waals surface area contributed by atoms with Crippen LogP contribution in [0.5, 0.6) is 0 Å². The molecule has 0 radical (unpaired) electrons. The Kier molecular flexibility index (Phi) is 23.0. The van der Waals surface area contributed by atoms with Gasteiger partial charge in [0.15, 0.2) is 12.2 Å². The van der Waals surface area contributed by atoms with Gasteiger partial charge in [0.1, 0.15) is 36.4 Å². The average Bonchev–Trinajstić information content (AvgIpc) is 3.71. The molecular formula is C49H71NO12. The first-order chi connectivity index (χ1) is 29.6. The number of aliphatic hydroxyl groups is 4. The molecule has 0 aliphatic carbocycles. The van der Waals surface area contributed by atoms with Crippen LogP contribution >= 0.6 is 0 Å². The lowest BCUT2D eigenvalue weighted by molar-refractivity contribution is -0.310. The van der Waals surface area contributed by atoms with Gasteiger partial charge in [-0.15, -0.1) is 0 Å². The number of carbonyl (C=O) groups is 1. The molecule has 0 spiro atoms. The molecule has 3 rings (SSSR count). The molecule has 0 saturated carbocycles. The van der Waals surface area contributed by atoms with Gasteiger partial charge in [0.25, 0.3) is 0 Å². The van der Waals surface area contributed by atoms with Gasteiger partial charge in [0.2, 0.25) is 0 Å². The van der Waals surface area contributed by atoms with Crippen LogP contribution in [0.25, 0.3) is 6.08 Å². The third-order valence-electron chi connectivity index (χ3n) is 11.1. The van der Waals surface area contributed by atoms with Crippen molar-refractivity contribution in [3.05, 3.63) is 121 Å². The van der Waals surface area contributed by atoms with Crippen LogP contribution in [0.3, 0.4) is 0 Å². The highest BCUT2D eigenvalue weighted by Crippen LogP contribution is 2.30. The van der Waals surface area contributed by atoms with Crippen molar-refractivity contribution in [2.75, 3.05) is 21.3 Å². The number of fused-ring (bicyclic) bond motifs is 2. The summed E-state index contributed by atoms with van der Waals surface area (Å²) in [5.41, 5.74) is 1.56. The molecule has 344 valence electrons. The fraction of sp³-hybridized carbons (Fsp3) is 0.551. The highest BCUT2D eigenvalue weighted by Gasteiger charge is 2.46. The summed E-state index contributed by atoms with van der Waals surface area (Å²) < 4.78 is 41.4. The monoisotopic (exact) mass is 865 g/mol. The van der Waals surface area contributed by atoms with Crippen LogP contribution < -0.4 is 0 Å². The van der Waals surface area contributed by atoms with Gasteiger partial charge in [-0.1, -0.05) is 124 Å². The van der Waals surface area contributed by atoms with E-state index in [2.05, 4.69) is 11.1 Å². The van der Waals surface area contributed by atoms with Gasteiger partial charge in [-0.2, -0.15) is 0 Å². The number of rotatable bonds is 9. The second kappa shape index (κ2) is 27.2. The third-order valence-corrected chi connectivity index (χ3v) is 11.1. The molecule has 62 heavy (non-hydrogen) atoms. The first-order valence-electron chi connectivity index (χ1n) is 21.4. The zero-order valence-electron chi connectivity index (χ0n) is 38.0. The van der Waals surface area contributed by atoms with Crippen LogP contribution in [0.1, 0.15) is 78.8 Å². The summed E-state index contributed by atoms with van der Waals surface area (Å²) in [6.07, 6.45) is 24.8. The Bertz CT molecular complexity index is 1750. The minimum atomic E-state index is -0.903. The molecule has 0 amide bonds. The standard InChI is InChI=1S/C49H71NO12/c1-31-21-15-11-14-18-26-43(54)62-45(35(5)40(53)28-34(4)51)32(2)22-16-12-13-17-24-39(52)29-42(56-8)36(6)48-50-38(30-59-48)23-19-20-25-41(33(3)27-31)61-49-47(58-10)46(57-9)44(55)37(7)60-49/h11-27,30,32-37,39-42,44-47,49,51-53,55H,28-29H2,1-10H3/b13-12+,14-11+,21-15-,22-16-,23-19+,24-17+,25-20-,26-18-,31-27+/t32-,33+,34+,35-,36+,37?,39-,40-,41-,42+,44?,45-,46?,47?,49?/m0/s1. The molecule has 2 aliphatic rings. The Morgan fingerprint density at radius 1 is 0.790 bits per heavy atom. The summed E-state index contributed by atoms with van der Waals surface area (Å²) in [5.74, 6) is -1.26. The summed E-state index contributed by atoms with van der Waals surface area (Å²) in [7, 11) is 4.63. The van der Waals surface area contributed by atoms with Gasteiger partial charge in [0, 0.05) is 51.6 Å². The van der Waals surface area contributed by atoms with Crippen LogP contribution in [0.15, 0.2) is 113 Å². The number of carbonyl (C=O) groups excluding carboxylic acids is 1. The van der Waals surface area contributed by atoms with Crippen molar-refractivity contribution in [3.8, 4) is 0 Å². The van der Waals surface area contributed by atoms with Crippen LogP contribution in [0.2, 0.25) is 0 Å². The first kappa shape index (κ1) is 52.3. The largest absolute Gasteiger partial charge is 0.458 e. The second-order valence-electron chi connectivity index (χ2n) is 16.2. The highest BCUT2D eigenvalue weighted by molar-refractivity contribution is 5.82. The normalized spacial score (nSPS) is 37.7. The number of methoxy groups -OCH3 is 3. The molecule has 1 fully saturated rings. The van der Waals surface area contributed by atoms with Gasteiger partial charge < -0.3 is 53.3 Å². The number of nitrogens with zero attached hydrogens (tertiary/aromatic N) is 1. The van der Waals surface area contributed by atoms with Crippen molar-refractivity contribution in [1.82, 2.24) is 4.98 Å². The summed E-state index contributed by atoms with van der Waals surface area (Å²) in [6, 6.07) is 0. The van der Waals surface area contributed by atoms with E-state index in [9.17, 15) is 25.2 Å². The Morgan fingerprint density at radius 3 is 2.08 bits per heavy atom. The Labute approximate surface area is 368 Å². The Hall–Kier alpha value is -4.02. The van der Waals surface area contributed by atoms with E-state index < -0.39 is 73.1 Å². The van der Waals surface area contributed by atoms with Crippen molar-refractivity contribution >= 4 is 12.0 Å². The zero-order chi connectivity index (χ0) is 45.8. The number of oxazole rings is 1. The van der Waals surface area contributed by atoms with E-state index in [1.54, 1.807) is 76.7 Å². The Balaban J connectivity index is 1.96. The highest BCUT2D eigenvalue weighted by atomic mass is 16.7. The lowest BCUT2D eigenvalue weighted by Gasteiger charge is -2.43. The quantitative estimate of drug-likeness (QED) is 0.189. The van der Waals surface area contributed by atoms with E-state index in [0.29, 0.717) is 18.0 Å². The molecule has 13 nitrogen and oxygen atoms in total. The lowest BCUT2D eigenvalue weighted by atomic mass is 9.86. The number of aliphatic hydroxyl groups excluding tert-OH is 4. The van der Waals surface area contributed by atoms with E-state index in [1.807, 2.05) is 76.3 Å². The number of hydrogen-bond acceptors (Lipinski definition) is 13. The molecule has 3 heterocycles. The van der Waals surface area contributed by atoms with Crippen molar-refractivity contribution in [1.29, 1.82) is 0 Å². The number of hydrogen-bond donors (Lipinski definition) is 4. The van der Waals surface area contributed by atoms with E-state index in [1.165, 1.54) is 20.3 Å². The van der Waals surface area contributed by atoms with Crippen molar-refractivity contribution in [3.63, 3.8) is 0 Å². The number of allylic oxidation sites excluding steroid dienone is 12. The lowest BCUT2D eigenvalue weighted by Crippen LogP contribution is -2.59. The molecule has 1 aromatic heterocycles. The minimum Gasteiger partial charge on any atom is -0.458 e. The maximum atomic E-state index is 13.0. The molecule has 0 aromatic carbocycles. The SMILES string of the molecule is COC1C(O[C@H]2/C=C\C=C\c3coc(n3)[C@H](C)[C@H](OC)C[C@@H](O)/C=C/C=C/C=C\[C@H](C)[C@@H]([C@@H](C)[C@@H](O)C[C@@H](C)O)OC(=O)\C=C/C=C/C=C\C(C)=C\[C@H]2C)OC(C)C(O)C1OC. The molecule has 2 aliphatic heterocycles. The van der Waals surface area contributed by atoms with Crippen LogP contribution in [0.4, 0.5) is 0 Å². The number of ether oxygens (including phenoxy) is 6. The van der Waals surface area contributed by atoms with Crippen molar-refractivity contribution < 1.29 is 58.1 Å². The van der Waals surface area contributed by atoms with Crippen molar-refractivity contribution in [2.45, 2.75) is 135 Å². The number of cyclic esters (lactones) is 1. The molecule has 2 bridgehead atoms. The number of esters is 1. The predicted molar refractivity (Wildman–Crippen MR) is 240 cm³/mol. The molecule has 13 heteroatoms. The average molecular weight is 866 g/mol. The summed E-state index contributed by atoms with van der Waals surface area (Å²) in [5, 5.41) is 42.3. The minimum absolute atomic E-state index is 0.141. The molecule has 1 aromatic rings. The first-order valence-corrected chi connectivity index (χ1v) is 21.4. The molecule has 5 unspecified atom stereocenters. The van der Waals surface area contributed by atoms with Crippen LogP contribution in [-0.2, 0) is 33.2 Å². The maximum absolute atomic E-state index is 13.0. The zero-order valence-corrected chi connectivity index (χ0v) is 38.0. The Morgan fingerprint density at radius 2 is 1.42 bits per heavy atom. The fourth-order valence-electron chi connectivity index (χ4n) is 7.36. The fourth-order valence-corrected chi connectivity index (χ4v) is 7.36. The predicted octanol–water partition coefficient (Wildman–Crippen LogP) is 6.88. The van der Waals surface area contributed by atoms with Gasteiger partial charge in [0.05, 0.1) is 42.5 Å². The molecule has 1 saturated heterocycles. The number of aromatic nitrogens is 1. The summed E-state index contributed by atoms with van der Waals surface area (Å²) >= 11 is 0. The van der Waals surface area contributed by atoms with Gasteiger partial charge in [-0.25, -0.2) is 9.78 Å². The van der Waals surface area contributed by atoms with Gasteiger partial charge >= 0.3 is 5.97 Å². The third kappa shape index (κ3) is 16.9. The molecular weight excluding hydrogens is 795 g/mol. The van der Waals surface area contributed by atoms with E-state index in [-0.39, 0.29) is 30.3 Å². The van der Waals surface area contributed by atoms with E-state index in [0.717, 1.165) is 5.57 Å². The maximum Gasteiger partial charge on any atom is 0.331 e. The van der Waals surface area contributed by atoms with E-state index >= 15 is 0 Å². The van der Waals surface area contributed by atoms with Crippen LogP contribution in [-0.4, -0.2) is 120 Å². The molecule has 4 N–H and O–H groups in total. The topological polar surface area (TPSA) is 179 Å². The van der Waals surface area contributed by atoms with Crippen LogP contribution in [0, 0.1) is 17.8 Å². The van der Waals surface area contributed by atoms with Gasteiger partial charge in [-0.05, 0) is 33.3 Å². The summed E-state index contributed by atoms with van der Waals surface area (Å²) in [6.45, 7) is 13.0. The van der Waals surface area contributed by atoms with E-state index in [4.69, 9.17) is 32.8 Å². The summed E-state index contributed by atoms with van der Waals surface area (Å²) in [4.78, 5) is 17.7. The smallest absolute Gasteiger partial charge is 0.331 e. The van der Waals surface area contributed by atoms with Crippen molar-refractivity contribution in [2.24, 2.45) is 17.8 Å². The molecule has 15 atom stereocenters. The second-order valence-corrected chi connectivity index (χ2v) is 16.2. The van der Waals surface area contributed by atoms with Gasteiger partial charge in [-0.3, -0.25) is 0 Å².